The smallest absolute Gasteiger partial charge is 0.310 e. The first-order chi connectivity index (χ1) is 9.67. The SMILES string of the molecule is COC(=O)C1Cc2[nH]ncc2N(Cc2ncc(C)o2)C1. The van der Waals surface area contributed by atoms with Gasteiger partial charge < -0.3 is 14.1 Å². The van der Waals surface area contributed by atoms with Gasteiger partial charge in [0.25, 0.3) is 0 Å². The van der Waals surface area contributed by atoms with Gasteiger partial charge in [0.2, 0.25) is 5.89 Å². The number of rotatable bonds is 3. The van der Waals surface area contributed by atoms with E-state index in [2.05, 4.69) is 15.2 Å². The second kappa shape index (κ2) is 4.99. The predicted molar refractivity (Wildman–Crippen MR) is 70.1 cm³/mol. The predicted octanol–water partition coefficient (Wildman–Crippen LogP) is 1.06. The van der Waals surface area contributed by atoms with Gasteiger partial charge in [-0.1, -0.05) is 0 Å². The van der Waals surface area contributed by atoms with Crippen LogP contribution in [0.2, 0.25) is 0 Å². The third-order valence-corrected chi connectivity index (χ3v) is 3.46. The molecule has 1 aliphatic rings. The van der Waals surface area contributed by atoms with Crippen LogP contribution in [-0.4, -0.2) is 34.8 Å². The van der Waals surface area contributed by atoms with E-state index in [1.54, 1.807) is 12.4 Å². The molecule has 0 radical (unpaired) electrons. The van der Waals surface area contributed by atoms with Gasteiger partial charge in [-0.3, -0.25) is 9.89 Å². The number of ether oxygens (including phenoxy) is 1. The average molecular weight is 276 g/mol. The third kappa shape index (κ3) is 2.26. The fourth-order valence-electron chi connectivity index (χ4n) is 2.52. The summed E-state index contributed by atoms with van der Waals surface area (Å²) in [4.78, 5) is 18.0. The molecule has 3 heterocycles. The van der Waals surface area contributed by atoms with E-state index >= 15 is 0 Å². The number of carbonyl (C=O) groups excluding carboxylic acids is 1. The number of carbonyl (C=O) groups is 1. The molecule has 3 rings (SSSR count). The summed E-state index contributed by atoms with van der Waals surface area (Å²) >= 11 is 0. The number of oxazole rings is 1. The summed E-state index contributed by atoms with van der Waals surface area (Å²) in [6, 6.07) is 0. The highest BCUT2D eigenvalue weighted by molar-refractivity contribution is 5.75. The van der Waals surface area contributed by atoms with Crippen LogP contribution in [0.15, 0.2) is 16.8 Å². The molecule has 0 fully saturated rings. The number of aryl methyl sites for hydroxylation is 1. The Bertz CT molecular complexity index is 619. The van der Waals surface area contributed by atoms with Crippen LogP contribution in [0.1, 0.15) is 17.3 Å². The van der Waals surface area contributed by atoms with Crippen LogP contribution in [0.5, 0.6) is 0 Å². The van der Waals surface area contributed by atoms with Gasteiger partial charge >= 0.3 is 5.97 Å². The Labute approximate surface area is 115 Å². The van der Waals surface area contributed by atoms with Gasteiger partial charge in [-0.05, 0) is 6.92 Å². The fraction of sp³-hybridized carbons (Fsp3) is 0.462. The van der Waals surface area contributed by atoms with Crippen molar-refractivity contribution < 1.29 is 13.9 Å². The summed E-state index contributed by atoms with van der Waals surface area (Å²) in [5.41, 5.74) is 1.93. The van der Waals surface area contributed by atoms with Crippen LogP contribution in [0.4, 0.5) is 5.69 Å². The largest absolute Gasteiger partial charge is 0.469 e. The van der Waals surface area contributed by atoms with E-state index in [0.717, 1.165) is 17.1 Å². The molecule has 2 aromatic heterocycles. The van der Waals surface area contributed by atoms with E-state index in [1.807, 2.05) is 11.8 Å². The van der Waals surface area contributed by atoms with Crippen molar-refractivity contribution in [3.63, 3.8) is 0 Å². The molecule has 1 unspecified atom stereocenters. The molecule has 0 spiro atoms. The van der Waals surface area contributed by atoms with Crippen molar-refractivity contribution >= 4 is 11.7 Å². The molecule has 7 heteroatoms. The quantitative estimate of drug-likeness (QED) is 0.844. The number of fused-ring (bicyclic) bond motifs is 1. The molecule has 7 nitrogen and oxygen atoms in total. The summed E-state index contributed by atoms with van der Waals surface area (Å²) in [6.45, 7) is 2.93. The van der Waals surface area contributed by atoms with Crippen molar-refractivity contribution in [3.05, 3.63) is 29.7 Å². The highest BCUT2D eigenvalue weighted by atomic mass is 16.5. The first-order valence-electron chi connectivity index (χ1n) is 6.43. The van der Waals surface area contributed by atoms with Crippen LogP contribution in [0.25, 0.3) is 0 Å². The number of aromatic nitrogens is 3. The Kier molecular flexibility index (Phi) is 3.17. The van der Waals surface area contributed by atoms with Crippen molar-refractivity contribution in [1.82, 2.24) is 15.2 Å². The zero-order valence-electron chi connectivity index (χ0n) is 11.4. The lowest BCUT2D eigenvalue weighted by molar-refractivity contribution is -0.145. The summed E-state index contributed by atoms with van der Waals surface area (Å²) in [5.74, 6) is 0.983. The van der Waals surface area contributed by atoms with Crippen molar-refractivity contribution in [2.75, 3.05) is 18.6 Å². The number of hydrogen-bond donors (Lipinski definition) is 1. The van der Waals surface area contributed by atoms with Crippen molar-refractivity contribution in [3.8, 4) is 0 Å². The van der Waals surface area contributed by atoms with Gasteiger partial charge in [-0.2, -0.15) is 5.10 Å². The van der Waals surface area contributed by atoms with Crippen LogP contribution >= 0.6 is 0 Å². The summed E-state index contributed by atoms with van der Waals surface area (Å²) in [6.07, 6.45) is 4.06. The van der Waals surface area contributed by atoms with E-state index in [0.29, 0.717) is 25.4 Å². The van der Waals surface area contributed by atoms with E-state index < -0.39 is 0 Å². The van der Waals surface area contributed by atoms with Crippen LogP contribution in [-0.2, 0) is 22.5 Å². The highest BCUT2D eigenvalue weighted by Gasteiger charge is 2.31. The number of esters is 1. The Morgan fingerprint density at radius 2 is 2.45 bits per heavy atom. The minimum Gasteiger partial charge on any atom is -0.469 e. The minimum atomic E-state index is -0.209. The Morgan fingerprint density at radius 1 is 1.60 bits per heavy atom. The van der Waals surface area contributed by atoms with Gasteiger partial charge in [-0.15, -0.1) is 0 Å². The summed E-state index contributed by atoms with van der Waals surface area (Å²) in [5, 5.41) is 6.99. The Morgan fingerprint density at radius 3 is 3.15 bits per heavy atom. The molecule has 0 amide bonds. The third-order valence-electron chi connectivity index (χ3n) is 3.46. The molecule has 0 saturated carbocycles. The fourth-order valence-corrected chi connectivity index (χ4v) is 2.52. The first-order valence-corrected chi connectivity index (χ1v) is 6.43. The van der Waals surface area contributed by atoms with Gasteiger partial charge in [-0.25, -0.2) is 4.98 Å². The lowest BCUT2D eigenvalue weighted by atomic mass is 9.97. The molecule has 1 aliphatic heterocycles. The molecule has 20 heavy (non-hydrogen) atoms. The van der Waals surface area contributed by atoms with Crippen molar-refractivity contribution in [2.45, 2.75) is 19.9 Å². The topological polar surface area (TPSA) is 84.3 Å². The first kappa shape index (κ1) is 12.7. The molecule has 0 bridgehead atoms. The molecule has 0 saturated heterocycles. The van der Waals surface area contributed by atoms with E-state index in [1.165, 1.54) is 7.11 Å². The molecular weight excluding hydrogens is 260 g/mol. The second-order valence-electron chi connectivity index (χ2n) is 4.90. The summed E-state index contributed by atoms with van der Waals surface area (Å²) < 4.78 is 10.3. The van der Waals surface area contributed by atoms with Crippen LogP contribution in [0, 0.1) is 12.8 Å². The maximum atomic E-state index is 11.8. The van der Waals surface area contributed by atoms with Crippen molar-refractivity contribution in [2.24, 2.45) is 5.92 Å². The van der Waals surface area contributed by atoms with Gasteiger partial charge in [0.1, 0.15) is 5.76 Å². The number of aromatic amines is 1. The average Bonchev–Trinajstić information content (AvgIpc) is 3.06. The van der Waals surface area contributed by atoms with Gasteiger partial charge in [0.05, 0.1) is 43.3 Å². The number of nitrogens with zero attached hydrogens (tertiary/aromatic N) is 3. The molecule has 1 N–H and O–H groups in total. The van der Waals surface area contributed by atoms with E-state index in [9.17, 15) is 4.79 Å². The monoisotopic (exact) mass is 276 g/mol. The molecule has 0 aliphatic carbocycles. The van der Waals surface area contributed by atoms with Gasteiger partial charge in [0.15, 0.2) is 0 Å². The molecule has 2 aromatic rings. The van der Waals surface area contributed by atoms with Crippen LogP contribution < -0.4 is 4.90 Å². The standard InChI is InChI=1S/C13H16N4O3/c1-8-4-14-12(20-8)7-17-6-9(13(18)19-2)3-10-11(17)5-15-16-10/h4-5,9H,3,6-7H2,1-2H3,(H,15,16). The molecule has 1 atom stereocenters. The maximum absolute atomic E-state index is 11.8. The molecule has 106 valence electrons. The summed E-state index contributed by atoms with van der Waals surface area (Å²) in [7, 11) is 1.41. The number of nitrogens with one attached hydrogen (secondary N) is 1. The molecular formula is C13H16N4O3. The second-order valence-corrected chi connectivity index (χ2v) is 4.90. The lowest BCUT2D eigenvalue weighted by Crippen LogP contribution is -2.38. The number of anilines is 1. The zero-order valence-corrected chi connectivity index (χ0v) is 11.4. The highest BCUT2D eigenvalue weighted by Crippen LogP contribution is 2.29. The van der Waals surface area contributed by atoms with E-state index in [-0.39, 0.29) is 11.9 Å². The van der Waals surface area contributed by atoms with Crippen molar-refractivity contribution in [1.29, 1.82) is 0 Å². The zero-order chi connectivity index (χ0) is 14.1. The van der Waals surface area contributed by atoms with E-state index in [4.69, 9.17) is 9.15 Å². The number of hydrogen-bond acceptors (Lipinski definition) is 6. The minimum absolute atomic E-state index is 0.205. The van der Waals surface area contributed by atoms with Crippen LogP contribution in [0.3, 0.4) is 0 Å². The number of methoxy groups -OCH3 is 1. The Hall–Kier alpha value is -2.31. The van der Waals surface area contributed by atoms with Gasteiger partial charge in [0, 0.05) is 13.0 Å². The normalized spacial score (nSPS) is 17.9. The Balaban J connectivity index is 1.84. The molecule has 0 aromatic carbocycles. The number of H-pyrrole nitrogens is 1. The maximum Gasteiger partial charge on any atom is 0.310 e. The lowest BCUT2D eigenvalue weighted by Gasteiger charge is -2.31.